The summed E-state index contributed by atoms with van der Waals surface area (Å²) in [5.74, 6) is 1.30. The van der Waals surface area contributed by atoms with Crippen LogP contribution in [0.15, 0.2) is 28.7 Å². The summed E-state index contributed by atoms with van der Waals surface area (Å²) in [6.45, 7) is 5.21. The molecule has 1 aromatic heterocycles. The van der Waals surface area contributed by atoms with E-state index >= 15 is 0 Å². The Morgan fingerprint density at radius 1 is 1.43 bits per heavy atom. The van der Waals surface area contributed by atoms with Gasteiger partial charge in [-0.15, -0.1) is 0 Å². The van der Waals surface area contributed by atoms with Crippen LogP contribution in [0.4, 0.5) is 0 Å². The lowest BCUT2D eigenvalue weighted by Gasteiger charge is -2.23. The van der Waals surface area contributed by atoms with Crippen molar-refractivity contribution in [3.05, 3.63) is 51.9 Å². The molecule has 23 heavy (non-hydrogen) atoms. The predicted molar refractivity (Wildman–Crippen MR) is 88.1 cm³/mol. The summed E-state index contributed by atoms with van der Waals surface area (Å²) in [6.07, 6.45) is 0. The highest BCUT2D eigenvalue weighted by molar-refractivity contribution is 6.34. The van der Waals surface area contributed by atoms with Gasteiger partial charge in [-0.1, -0.05) is 17.7 Å². The van der Waals surface area contributed by atoms with E-state index in [1.54, 1.807) is 45.0 Å². The third kappa shape index (κ3) is 3.68. The van der Waals surface area contributed by atoms with E-state index in [1.807, 2.05) is 0 Å². The summed E-state index contributed by atoms with van der Waals surface area (Å²) in [5, 5.41) is 13.6. The number of amides is 1. The third-order valence-corrected chi connectivity index (χ3v) is 3.95. The zero-order valence-electron chi connectivity index (χ0n) is 13.6. The van der Waals surface area contributed by atoms with Gasteiger partial charge in [0.1, 0.15) is 22.9 Å². The molecular formula is C17H20ClNO4. The second kappa shape index (κ2) is 6.64. The van der Waals surface area contributed by atoms with Crippen molar-refractivity contribution in [1.29, 1.82) is 0 Å². The third-order valence-electron chi connectivity index (χ3n) is 3.64. The summed E-state index contributed by atoms with van der Waals surface area (Å²) < 4.78 is 10.6. The van der Waals surface area contributed by atoms with Gasteiger partial charge in [-0.2, -0.15) is 0 Å². The van der Waals surface area contributed by atoms with Gasteiger partial charge in [0.25, 0.3) is 5.91 Å². The van der Waals surface area contributed by atoms with Crippen LogP contribution in [0.1, 0.15) is 34.4 Å². The van der Waals surface area contributed by atoms with Crippen LogP contribution in [0.5, 0.6) is 5.75 Å². The largest absolute Gasteiger partial charge is 0.496 e. The molecule has 0 fully saturated rings. The highest BCUT2D eigenvalue weighted by Gasteiger charge is 2.29. The summed E-state index contributed by atoms with van der Waals surface area (Å²) in [6, 6.07) is 6.73. The minimum atomic E-state index is -1.26. The second-order valence-corrected chi connectivity index (χ2v) is 6.01. The maximum absolute atomic E-state index is 12.4. The Morgan fingerprint density at radius 2 is 2.13 bits per heavy atom. The zero-order valence-corrected chi connectivity index (χ0v) is 14.3. The molecular weight excluding hydrogens is 318 g/mol. The van der Waals surface area contributed by atoms with E-state index in [9.17, 15) is 9.90 Å². The van der Waals surface area contributed by atoms with Gasteiger partial charge in [0, 0.05) is 5.56 Å². The first-order chi connectivity index (χ1) is 10.8. The molecule has 2 aromatic rings. The average molecular weight is 338 g/mol. The lowest BCUT2D eigenvalue weighted by Crippen LogP contribution is -2.39. The maximum Gasteiger partial charge on any atom is 0.256 e. The van der Waals surface area contributed by atoms with Crippen LogP contribution in [0.3, 0.4) is 0 Å². The summed E-state index contributed by atoms with van der Waals surface area (Å²) in [7, 11) is 1.47. The summed E-state index contributed by atoms with van der Waals surface area (Å²) in [5.41, 5.74) is -0.375. The molecule has 1 heterocycles. The molecule has 0 radical (unpaired) electrons. The van der Waals surface area contributed by atoms with Crippen LogP contribution in [0.2, 0.25) is 5.02 Å². The number of benzene rings is 1. The molecule has 1 amide bonds. The smallest absolute Gasteiger partial charge is 0.256 e. The van der Waals surface area contributed by atoms with Crippen molar-refractivity contribution in [2.75, 3.05) is 13.7 Å². The Balaban J connectivity index is 2.17. The minimum absolute atomic E-state index is 0.0139. The number of halogens is 1. The van der Waals surface area contributed by atoms with Gasteiger partial charge in [0.05, 0.1) is 24.2 Å². The quantitative estimate of drug-likeness (QED) is 0.879. The van der Waals surface area contributed by atoms with E-state index < -0.39 is 11.5 Å². The van der Waals surface area contributed by atoms with E-state index in [4.69, 9.17) is 20.8 Å². The average Bonchev–Trinajstić information content (AvgIpc) is 2.84. The van der Waals surface area contributed by atoms with Gasteiger partial charge in [0.15, 0.2) is 0 Å². The Morgan fingerprint density at radius 3 is 2.70 bits per heavy atom. The van der Waals surface area contributed by atoms with Crippen LogP contribution >= 0.6 is 11.6 Å². The number of hydrogen-bond acceptors (Lipinski definition) is 4. The summed E-state index contributed by atoms with van der Waals surface area (Å²) >= 11 is 6.08. The van der Waals surface area contributed by atoms with Crippen LogP contribution in [0.25, 0.3) is 0 Å². The number of hydrogen-bond donors (Lipinski definition) is 2. The van der Waals surface area contributed by atoms with Crippen molar-refractivity contribution in [2.24, 2.45) is 0 Å². The van der Waals surface area contributed by atoms with Crippen LogP contribution in [-0.4, -0.2) is 24.7 Å². The van der Waals surface area contributed by atoms with Crippen molar-refractivity contribution in [2.45, 2.75) is 26.4 Å². The Labute approximate surface area is 140 Å². The number of nitrogens with one attached hydrogen (secondary N) is 1. The maximum atomic E-state index is 12.4. The Bertz CT molecular complexity index is 721. The molecule has 124 valence electrons. The fourth-order valence-electron chi connectivity index (χ4n) is 2.50. The fourth-order valence-corrected chi connectivity index (χ4v) is 2.75. The molecule has 0 bridgehead atoms. The number of carbonyl (C=O) groups excluding carboxylic acids is 1. The van der Waals surface area contributed by atoms with Gasteiger partial charge >= 0.3 is 0 Å². The molecule has 0 aliphatic heterocycles. The molecule has 5 nitrogen and oxygen atoms in total. The first-order valence-electron chi connectivity index (χ1n) is 7.17. The molecule has 0 aliphatic carbocycles. The van der Waals surface area contributed by atoms with Gasteiger partial charge in [-0.05, 0) is 39.0 Å². The van der Waals surface area contributed by atoms with Crippen LogP contribution < -0.4 is 10.1 Å². The molecule has 1 atom stereocenters. The molecule has 2 rings (SSSR count). The molecule has 6 heteroatoms. The van der Waals surface area contributed by atoms with Crippen LogP contribution in [0, 0.1) is 13.8 Å². The van der Waals surface area contributed by atoms with E-state index in [0.717, 1.165) is 0 Å². The lowest BCUT2D eigenvalue weighted by atomic mass is 9.96. The highest BCUT2D eigenvalue weighted by Crippen LogP contribution is 2.28. The predicted octanol–water partition coefficient (Wildman–Crippen LogP) is 3.20. The SMILES string of the molecule is COc1cccc(Cl)c1C(=O)NCC(C)(O)c1cc(C)oc1C. The molecule has 1 unspecified atom stereocenters. The first kappa shape index (κ1) is 17.4. The van der Waals surface area contributed by atoms with E-state index in [-0.39, 0.29) is 17.1 Å². The first-order valence-corrected chi connectivity index (χ1v) is 7.54. The van der Waals surface area contributed by atoms with Crippen molar-refractivity contribution >= 4 is 17.5 Å². The topological polar surface area (TPSA) is 71.7 Å². The van der Waals surface area contributed by atoms with Gasteiger partial charge in [0.2, 0.25) is 0 Å². The fraction of sp³-hybridized carbons (Fsp3) is 0.353. The Kier molecular flexibility index (Phi) is 5.02. The normalized spacial score (nSPS) is 13.5. The minimum Gasteiger partial charge on any atom is -0.496 e. The molecule has 1 aromatic carbocycles. The lowest BCUT2D eigenvalue weighted by molar-refractivity contribution is 0.0513. The molecule has 2 N–H and O–H groups in total. The molecule has 0 saturated heterocycles. The van der Waals surface area contributed by atoms with Crippen molar-refractivity contribution in [3.8, 4) is 5.75 Å². The van der Waals surface area contributed by atoms with E-state index in [1.165, 1.54) is 7.11 Å². The van der Waals surface area contributed by atoms with Crippen LogP contribution in [-0.2, 0) is 5.60 Å². The number of aliphatic hydroxyl groups is 1. The molecule has 0 aliphatic rings. The molecule has 0 spiro atoms. The molecule has 0 saturated carbocycles. The number of rotatable bonds is 5. The van der Waals surface area contributed by atoms with Gasteiger partial charge in [-0.25, -0.2) is 0 Å². The Hall–Kier alpha value is -1.98. The number of methoxy groups -OCH3 is 1. The van der Waals surface area contributed by atoms with Gasteiger partial charge < -0.3 is 19.6 Å². The number of aryl methyl sites for hydroxylation is 2. The van der Waals surface area contributed by atoms with E-state index in [0.29, 0.717) is 22.8 Å². The number of furan rings is 1. The summed E-state index contributed by atoms with van der Waals surface area (Å²) in [4.78, 5) is 12.4. The van der Waals surface area contributed by atoms with Crippen molar-refractivity contribution in [3.63, 3.8) is 0 Å². The van der Waals surface area contributed by atoms with Crippen molar-refractivity contribution in [1.82, 2.24) is 5.32 Å². The van der Waals surface area contributed by atoms with Gasteiger partial charge in [-0.3, -0.25) is 4.79 Å². The van der Waals surface area contributed by atoms with Crippen molar-refractivity contribution < 1.29 is 19.1 Å². The number of ether oxygens (including phenoxy) is 1. The monoisotopic (exact) mass is 337 g/mol. The number of carbonyl (C=O) groups is 1. The zero-order chi connectivity index (χ0) is 17.2. The van der Waals surface area contributed by atoms with E-state index in [2.05, 4.69) is 5.32 Å². The highest BCUT2D eigenvalue weighted by atomic mass is 35.5. The standard InChI is InChI=1S/C17H20ClNO4/c1-10-8-12(11(2)23-10)17(3,21)9-19-16(20)15-13(18)6-5-7-14(15)22-4/h5-8,21H,9H2,1-4H3,(H,19,20). The second-order valence-electron chi connectivity index (χ2n) is 5.60.